The fraction of sp³-hybridized carbons (Fsp3) is 0.583. The van der Waals surface area contributed by atoms with Gasteiger partial charge >= 0.3 is 0 Å². The second-order valence-electron chi connectivity index (χ2n) is 8.61. The van der Waals surface area contributed by atoms with Crippen LogP contribution in [0.4, 0.5) is 0 Å². The van der Waals surface area contributed by atoms with E-state index in [4.69, 9.17) is 4.42 Å². The maximum atomic E-state index is 5.73. The number of oxazole rings is 1. The molecule has 1 aliphatic rings. The summed E-state index contributed by atoms with van der Waals surface area (Å²) in [6.07, 6.45) is 2.37. The van der Waals surface area contributed by atoms with Crippen molar-refractivity contribution >= 4 is 5.96 Å². The third-order valence-corrected chi connectivity index (χ3v) is 6.14. The van der Waals surface area contributed by atoms with Crippen molar-refractivity contribution in [2.75, 3.05) is 33.2 Å². The standard InChI is InChI=1S/C24H37N5O/c1-17-6-8-22(9-7-17)18(2)14-26-24(25-5)27-15-21-10-12-29(13-11-21)16-23-28-19(3)20(4)30-23/h6-9,18,21H,10-16H2,1-5H3,(H2,25,26,27). The number of hydrogen-bond donors (Lipinski definition) is 2. The Kier molecular flexibility index (Phi) is 7.91. The number of likely N-dealkylation sites (tertiary alicyclic amines) is 1. The third kappa shape index (κ3) is 6.33. The van der Waals surface area contributed by atoms with Crippen LogP contribution >= 0.6 is 0 Å². The van der Waals surface area contributed by atoms with Gasteiger partial charge in [0.2, 0.25) is 5.89 Å². The van der Waals surface area contributed by atoms with Crippen LogP contribution in [-0.2, 0) is 6.54 Å². The van der Waals surface area contributed by atoms with Crippen molar-refractivity contribution in [3.05, 3.63) is 52.7 Å². The lowest BCUT2D eigenvalue weighted by Crippen LogP contribution is -2.43. The Bertz CT molecular complexity index is 799. The maximum Gasteiger partial charge on any atom is 0.208 e. The molecule has 1 aliphatic heterocycles. The molecule has 0 radical (unpaired) electrons. The first-order valence-electron chi connectivity index (χ1n) is 11.1. The Hall–Kier alpha value is -2.34. The van der Waals surface area contributed by atoms with Gasteiger partial charge in [0.25, 0.3) is 0 Å². The van der Waals surface area contributed by atoms with Gasteiger partial charge in [-0.25, -0.2) is 4.98 Å². The van der Waals surface area contributed by atoms with Crippen LogP contribution in [0.15, 0.2) is 33.7 Å². The van der Waals surface area contributed by atoms with Crippen LogP contribution < -0.4 is 10.6 Å². The lowest BCUT2D eigenvalue weighted by molar-refractivity contribution is 0.164. The van der Waals surface area contributed by atoms with Crippen LogP contribution in [0.25, 0.3) is 0 Å². The zero-order valence-corrected chi connectivity index (χ0v) is 19.2. The van der Waals surface area contributed by atoms with E-state index >= 15 is 0 Å². The van der Waals surface area contributed by atoms with Crippen molar-refractivity contribution in [3.63, 3.8) is 0 Å². The van der Waals surface area contributed by atoms with Crippen LogP contribution in [0.2, 0.25) is 0 Å². The second kappa shape index (κ2) is 10.6. The number of hydrogen-bond acceptors (Lipinski definition) is 4. The van der Waals surface area contributed by atoms with Gasteiger partial charge < -0.3 is 15.1 Å². The minimum atomic E-state index is 0.440. The lowest BCUT2D eigenvalue weighted by Gasteiger charge is -2.31. The Morgan fingerprint density at radius 2 is 1.87 bits per heavy atom. The molecule has 1 unspecified atom stereocenters. The summed E-state index contributed by atoms with van der Waals surface area (Å²) in [5, 5.41) is 7.00. The van der Waals surface area contributed by atoms with Crippen LogP contribution in [-0.4, -0.2) is 49.1 Å². The summed E-state index contributed by atoms with van der Waals surface area (Å²) in [6.45, 7) is 13.2. The molecule has 1 aromatic carbocycles. The fourth-order valence-electron chi connectivity index (χ4n) is 3.87. The van der Waals surface area contributed by atoms with Crippen molar-refractivity contribution in [1.29, 1.82) is 0 Å². The summed E-state index contributed by atoms with van der Waals surface area (Å²) in [5.74, 6) is 3.77. The number of nitrogens with one attached hydrogen (secondary N) is 2. The van der Waals surface area contributed by atoms with Gasteiger partial charge in [0.15, 0.2) is 5.96 Å². The number of rotatable bonds is 7. The first kappa shape index (κ1) is 22.3. The molecule has 1 aromatic heterocycles. The second-order valence-corrected chi connectivity index (χ2v) is 8.61. The Morgan fingerprint density at radius 1 is 1.17 bits per heavy atom. The molecule has 30 heavy (non-hydrogen) atoms. The highest BCUT2D eigenvalue weighted by Gasteiger charge is 2.21. The van der Waals surface area contributed by atoms with E-state index in [0.717, 1.165) is 56.0 Å². The molecule has 0 amide bonds. The first-order chi connectivity index (χ1) is 14.4. The van der Waals surface area contributed by atoms with Gasteiger partial charge in [0.1, 0.15) is 5.76 Å². The lowest BCUT2D eigenvalue weighted by atomic mass is 9.97. The fourth-order valence-corrected chi connectivity index (χ4v) is 3.87. The molecule has 0 bridgehead atoms. The van der Waals surface area contributed by atoms with E-state index in [2.05, 4.69) is 63.6 Å². The number of benzene rings is 1. The van der Waals surface area contributed by atoms with Crippen LogP contribution in [0.3, 0.4) is 0 Å². The molecular formula is C24H37N5O. The van der Waals surface area contributed by atoms with E-state index in [1.165, 1.54) is 24.0 Å². The normalized spacial score (nSPS) is 17.2. The topological polar surface area (TPSA) is 65.7 Å². The summed E-state index contributed by atoms with van der Waals surface area (Å²) in [4.78, 5) is 11.3. The molecule has 2 aromatic rings. The van der Waals surface area contributed by atoms with Gasteiger partial charge in [0, 0.05) is 20.1 Å². The summed E-state index contributed by atoms with van der Waals surface area (Å²) < 4.78 is 5.73. The summed E-state index contributed by atoms with van der Waals surface area (Å²) in [7, 11) is 1.84. The van der Waals surface area contributed by atoms with Gasteiger partial charge in [0.05, 0.1) is 12.2 Å². The van der Waals surface area contributed by atoms with Crippen molar-refractivity contribution in [3.8, 4) is 0 Å². The van der Waals surface area contributed by atoms with Gasteiger partial charge in [-0.2, -0.15) is 0 Å². The molecule has 1 atom stereocenters. The first-order valence-corrected chi connectivity index (χ1v) is 11.1. The van der Waals surface area contributed by atoms with Crippen molar-refractivity contribution in [2.45, 2.75) is 53.0 Å². The minimum absolute atomic E-state index is 0.440. The zero-order chi connectivity index (χ0) is 21.5. The molecule has 3 rings (SSSR count). The van der Waals surface area contributed by atoms with Gasteiger partial charge in [-0.3, -0.25) is 9.89 Å². The third-order valence-electron chi connectivity index (χ3n) is 6.14. The van der Waals surface area contributed by atoms with E-state index in [1.807, 2.05) is 20.9 Å². The van der Waals surface area contributed by atoms with E-state index in [-0.39, 0.29) is 0 Å². The van der Waals surface area contributed by atoms with Gasteiger partial charge in [-0.1, -0.05) is 36.8 Å². The van der Waals surface area contributed by atoms with Gasteiger partial charge in [-0.05, 0) is 64.1 Å². The highest BCUT2D eigenvalue weighted by molar-refractivity contribution is 5.79. The molecule has 0 aliphatic carbocycles. The molecule has 6 nitrogen and oxygen atoms in total. The molecule has 6 heteroatoms. The molecule has 164 valence electrons. The van der Waals surface area contributed by atoms with Crippen molar-refractivity contribution in [1.82, 2.24) is 20.5 Å². The van der Waals surface area contributed by atoms with E-state index in [9.17, 15) is 0 Å². The number of nitrogens with zero attached hydrogens (tertiary/aromatic N) is 3. The monoisotopic (exact) mass is 411 g/mol. The number of aromatic nitrogens is 1. The summed E-state index contributed by atoms with van der Waals surface area (Å²) in [6, 6.07) is 8.78. The van der Waals surface area contributed by atoms with E-state index in [0.29, 0.717) is 11.8 Å². The SMILES string of the molecule is CN=C(NCC1CCN(Cc2nc(C)c(C)o2)CC1)NCC(C)c1ccc(C)cc1. The average molecular weight is 412 g/mol. The summed E-state index contributed by atoms with van der Waals surface area (Å²) in [5.41, 5.74) is 3.65. The number of aryl methyl sites for hydroxylation is 3. The van der Waals surface area contributed by atoms with E-state index < -0.39 is 0 Å². The molecule has 2 N–H and O–H groups in total. The minimum Gasteiger partial charge on any atom is -0.444 e. The van der Waals surface area contributed by atoms with Crippen LogP contribution in [0.1, 0.15) is 54.2 Å². The van der Waals surface area contributed by atoms with Crippen LogP contribution in [0, 0.1) is 26.7 Å². The molecule has 1 fully saturated rings. The van der Waals surface area contributed by atoms with Crippen molar-refractivity contribution in [2.24, 2.45) is 10.9 Å². The van der Waals surface area contributed by atoms with Gasteiger partial charge in [-0.15, -0.1) is 0 Å². The predicted octanol–water partition coefficient (Wildman–Crippen LogP) is 3.78. The smallest absolute Gasteiger partial charge is 0.208 e. The zero-order valence-electron chi connectivity index (χ0n) is 19.2. The molecule has 0 saturated carbocycles. The summed E-state index contributed by atoms with van der Waals surface area (Å²) >= 11 is 0. The quantitative estimate of drug-likeness (QED) is 0.536. The largest absolute Gasteiger partial charge is 0.444 e. The Balaban J connectivity index is 1.36. The molecular weight excluding hydrogens is 374 g/mol. The average Bonchev–Trinajstić information content (AvgIpc) is 3.06. The van der Waals surface area contributed by atoms with E-state index in [1.54, 1.807) is 0 Å². The predicted molar refractivity (Wildman–Crippen MR) is 123 cm³/mol. The molecule has 1 saturated heterocycles. The highest BCUT2D eigenvalue weighted by Crippen LogP contribution is 2.19. The number of aliphatic imine (C=N–C) groups is 1. The number of guanidine groups is 1. The highest BCUT2D eigenvalue weighted by atomic mass is 16.4. The van der Waals surface area contributed by atoms with Crippen LogP contribution in [0.5, 0.6) is 0 Å². The number of piperidine rings is 1. The Labute approximate surface area is 181 Å². The molecule has 0 spiro atoms. The Morgan fingerprint density at radius 3 is 2.47 bits per heavy atom. The molecule has 2 heterocycles. The van der Waals surface area contributed by atoms with Crippen molar-refractivity contribution < 1.29 is 4.42 Å². The maximum absolute atomic E-state index is 5.73.